The van der Waals surface area contributed by atoms with Crippen LogP contribution in [0.1, 0.15) is 19.8 Å². The van der Waals surface area contributed by atoms with E-state index in [-0.39, 0.29) is 31.0 Å². The fourth-order valence-corrected chi connectivity index (χ4v) is 1.34. The lowest BCUT2D eigenvalue weighted by Crippen LogP contribution is -2.25. The summed E-state index contributed by atoms with van der Waals surface area (Å²) >= 11 is 0. The number of carboxylic acids is 1. The van der Waals surface area contributed by atoms with Gasteiger partial charge in [0.25, 0.3) is 0 Å². The second-order valence-electron chi connectivity index (χ2n) is 3.29. The van der Waals surface area contributed by atoms with Gasteiger partial charge >= 0.3 is 5.97 Å². The number of carboxylic acid groups (broad SMARTS) is 1. The highest BCUT2D eigenvalue weighted by atomic mass is 16.5. The molecule has 0 spiro atoms. The highest BCUT2D eigenvalue weighted by molar-refractivity contribution is 6.05. The molecule has 0 aromatic rings. The van der Waals surface area contributed by atoms with E-state index in [1.54, 1.807) is 6.92 Å². The zero-order valence-corrected chi connectivity index (χ0v) is 7.86. The summed E-state index contributed by atoms with van der Waals surface area (Å²) in [5.41, 5.74) is 0. The van der Waals surface area contributed by atoms with Gasteiger partial charge in [0, 0.05) is 6.42 Å². The molecule has 14 heavy (non-hydrogen) atoms. The van der Waals surface area contributed by atoms with E-state index in [9.17, 15) is 14.4 Å². The van der Waals surface area contributed by atoms with Crippen LogP contribution in [0.15, 0.2) is 0 Å². The topological polar surface area (TPSA) is 80.7 Å². The molecule has 1 N–H and O–H groups in total. The summed E-state index contributed by atoms with van der Waals surface area (Å²) in [6.45, 7) is 1.69. The van der Waals surface area contributed by atoms with Crippen LogP contribution < -0.4 is 0 Å². The number of aliphatic carboxylic acids is 1. The molecule has 1 fully saturated rings. The molecule has 0 saturated carbocycles. The molecule has 5 nitrogen and oxygen atoms in total. The van der Waals surface area contributed by atoms with Crippen LogP contribution >= 0.6 is 0 Å². The molecule has 1 saturated heterocycles. The van der Waals surface area contributed by atoms with Crippen molar-refractivity contribution in [1.29, 1.82) is 0 Å². The Morgan fingerprint density at radius 1 is 1.50 bits per heavy atom. The maximum atomic E-state index is 11.3. The molecule has 0 bridgehead atoms. The third-order valence-corrected chi connectivity index (χ3v) is 2.23. The average Bonchev–Trinajstić information content (AvgIpc) is 2.44. The molecular formula is C9H12O5. The van der Waals surface area contributed by atoms with Crippen molar-refractivity contribution < 1.29 is 24.2 Å². The number of Topliss-reactive ketones (excluding diaryl/α,β-unsaturated/α-hetero) is 2. The van der Waals surface area contributed by atoms with E-state index in [0.717, 1.165) is 0 Å². The SMILES string of the molecule is C[C@@H]1OCC(C(=O)CCC(=O)O)C1=O. The molecule has 0 aliphatic carbocycles. The van der Waals surface area contributed by atoms with Crippen LogP contribution in [0.25, 0.3) is 0 Å². The first kappa shape index (κ1) is 10.8. The average molecular weight is 200 g/mol. The van der Waals surface area contributed by atoms with Crippen molar-refractivity contribution >= 4 is 17.5 Å². The quantitative estimate of drug-likeness (QED) is 0.647. The van der Waals surface area contributed by atoms with E-state index in [1.165, 1.54) is 0 Å². The molecule has 0 amide bonds. The number of carbonyl (C=O) groups excluding carboxylic acids is 2. The molecule has 1 aliphatic rings. The lowest BCUT2D eigenvalue weighted by molar-refractivity contribution is -0.140. The zero-order chi connectivity index (χ0) is 10.7. The second-order valence-corrected chi connectivity index (χ2v) is 3.29. The van der Waals surface area contributed by atoms with Crippen LogP contribution in [0.2, 0.25) is 0 Å². The van der Waals surface area contributed by atoms with Gasteiger partial charge in [-0.2, -0.15) is 0 Å². The van der Waals surface area contributed by atoms with Gasteiger partial charge in [-0.3, -0.25) is 14.4 Å². The standard InChI is InChI=1S/C9H12O5/c1-5-9(13)6(4-14-5)7(10)2-3-8(11)12/h5-6H,2-4H2,1H3,(H,11,12)/t5-,6?/m0/s1. The Morgan fingerprint density at radius 3 is 2.57 bits per heavy atom. The van der Waals surface area contributed by atoms with Crippen molar-refractivity contribution in [3.05, 3.63) is 0 Å². The maximum Gasteiger partial charge on any atom is 0.303 e. The van der Waals surface area contributed by atoms with Crippen molar-refractivity contribution in [2.75, 3.05) is 6.61 Å². The van der Waals surface area contributed by atoms with E-state index < -0.39 is 18.0 Å². The molecule has 1 unspecified atom stereocenters. The van der Waals surface area contributed by atoms with Crippen LogP contribution in [-0.2, 0) is 19.1 Å². The summed E-state index contributed by atoms with van der Waals surface area (Å²) in [7, 11) is 0. The number of carbonyl (C=O) groups is 3. The van der Waals surface area contributed by atoms with Gasteiger partial charge in [-0.05, 0) is 6.92 Å². The van der Waals surface area contributed by atoms with Gasteiger partial charge in [0.1, 0.15) is 17.8 Å². The van der Waals surface area contributed by atoms with Gasteiger partial charge in [-0.1, -0.05) is 0 Å². The summed E-state index contributed by atoms with van der Waals surface area (Å²) in [6.07, 6.45) is -0.854. The lowest BCUT2D eigenvalue weighted by atomic mass is 9.96. The van der Waals surface area contributed by atoms with E-state index >= 15 is 0 Å². The maximum absolute atomic E-state index is 11.3. The first-order valence-electron chi connectivity index (χ1n) is 4.42. The summed E-state index contributed by atoms with van der Waals surface area (Å²) in [4.78, 5) is 32.8. The molecule has 1 heterocycles. The monoisotopic (exact) mass is 200 g/mol. The highest BCUT2D eigenvalue weighted by Gasteiger charge is 2.36. The largest absolute Gasteiger partial charge is 0.481 e. The van der Waals surface area contributed by atoms with Gasteiger partial charge in [-0.25, -0.2) is 0 Å². The Hall–Kier alpha value is -1.23. The number of ketones is 2. The first-order chi connectivity index (χ1) is 6.52. The van der Waals surface area contributed by atoms with Crippen molar-refractivity contribution in [1.82, 2.24) is 0 Å². The summed E-state index contributed by atoms with van der Waals surface area (Å²) < 4.78 is 4.99. The third-order valence-electron chi connectivity index (χ3n) is 2.23. The minimum Gasteiger partial charge on any atom is -0.481 e. The van der Waals surface area contributed by atoms with E-state index in [1.807, 2.05) is 0 Å². The van der Waals surface area contributed by atoms with Crippen LogP contribution in [0.5, 0.6) is 0 Å². The van der Waals surface area contributed by atoms with Gasteiger partial charge in [-0.15, -0.1) is 0 Å². The van der Waals surface area contributed by atoms with E-state index in [2.05, 4.69) is 0 Å². The van der Waals surface area contributed by atoms with Crippen LogP contribution in [0, 0.1) is 5.92 Å². The predicted molar refractivity (Wildman–Crippen MR) is 45.8 cm³/mol. The lowest BCUT2D eigenvalue weighted by Gasteiger charge is -2.03. The predicted octanol–water partition coefficient (Wildman–Crippen LogP) is 0.0243. The third kappa shape index (κ3) is 2.38. The molecule has 0 radical (unpaired) electrons. The number of rotatable bonds is 4. The Labute approximate surface area is 81.0 Å². The Morgan fingerprint density at radius 2 is 2.14 bits per heavy atom. The zero-order valence-electron chi connectivity index (χ0n) is 7.86. The van der Waals surface area contributed by atoms with Gasteiger partial charge in [0.15, 0.2) is 5.78 Å². The fourth-order valence-electron chi connectivity index (χ4n) is 1.34. The normalized spacial score (nSPS) is 26.5. The summed E-state index contributed by atoms with van der Waals surface area (Å²) in [5.74, 6) is -2.34. The van der Waals surface area contributed by atoms with Crippen molar-refractivity contribution in [3.63, 3.8) is 0 Å². The van der Waals surface area contributed by atoms with Gasteiger partial charge < -0.3 is 9.84 Å². The first-order valence-corrected chi connectivity index (χ1v) is 4.42. The molecule has 1 rings (SSSR count). The van der Waals surface area contributed by atoms with Crippen molar-refractivity contribution in [3.8, 4) is 0 Å². The minimum atomic E-state index is -1.03. The summed E-state index contributed by atoms with van der Waals surface area (Å²) in [5, 5.41) is 8.35. The Bertz CT molecular complexity index is 270. The van der Waals surface area contributed by atoms with Crippen molar-refractivity contribution in [2.24, 2.45) is 5.92 Å². The number of ether oxygens (including phenoxy) is 1. The molecule has 2 atom stereocenters. The molecular weight excluding hydrogens is 188 g/mol. The smallest absolute Gasteiger partial charge is 0.303 e. The molecule has 0 aromatic heterocycles. The van der Waals surface area contributed by atoms with Crippen LogP contribution in [0.4, 0.5) is 0 Å². The molecule has 1 aliphatic heterocycles. The second kappa shape index (κ2) is 4.32. The fraction of sp³-hybridized carbons (Fsp3) is 0.667. The van der Waals surface area contributed by atoms with Gasteiger partial charge in [0.2, 0.25) is 0 Å². The molecule has 0 aromatic carbocycles. The minimum absolute atomic E-state index is 0.0954. The number of hydrogen-bond donors (Lipinski definition) is 1. The Kier molecular flexibility index (Phi) is 3.35. The summed E-state index contributed by atoms with van der Waals surface area (Å²) in [6, 6.07) is 0. The molecule has 78 valence electrons. The van der Waals surface area contributed by atoms with E-state index in [4.69, 9.17) is 9.84 Å². The van der Waals surface area contributed by atoms with Crippen LogP contribution in [-0.4, -0.2) is 35.4 Å². The van der Waals surface area contributed by atoms with Crippen molar-refractivity contribution in [2.45, 2.75) is 25.9 Å². The number of hydrogen-bond acceptors (Lipinski definition) is 4. The van der Waals surface area contributed by atoms with Crippen LogP contribution in [0.3, 0.4) is 0 Å². The Balaban J connectivity index is 2.46. The van der Waals surface area contributed by atoms with Gasteiger partial charge in [0.05, 0.1) is 13.0 Å². The van der Waals surface area contributed by atoms with E-state index in [0.29, 0.717) is 0 Å². The molecule has 5 heteroatoms. The highest BCUT2D eigenvalue weighted by Crippen LogP contribution is 2.17.